The third-order valence-corrected chi connectivity index (χ3v) is 2.98. The van der Waals surface area contributed by atoms with Gasteiger partial charge in [0.15, 0.2) is 0 Å². The van der Waals surface area contributed by atoms with Crippen LogP contribution in [0, 0.1) is 0 Å². The number of hydrogen-bond donors (Lipinski definition) is 1. The maximum absolute atomic E-state index is 12.8. The van der Waals surface area contributed by atoms with Crippen LogP contribution in [0.4, 0.5) is 26.3 Å². The Bertz CT molecular complexity index is 747. The van der Waals surface area contributed by atoms with Gasteiger partial charge in [-0.15, -0.1) is 13.2 Å². The third-order valence-electron chi connectivity index (χ3n) is 2.98. The van der Waals surface area contributed by atoms with Crippen LogP contribution in [0.25, 0.3) is 11.1 Å². The molecule has 0 spiro atoms. The summed E-state index contributed by atoms with van der Waals surface area (Å²) in [5.74, 6) is -2.04. The average Bonchev–Trinajstić information content (AvgIpc) is 2.44. The van der Waals surface area contributed by atoms with Gasteiger partial charge < -0.3 is 9.84 Å². The minimum Gasteiger partial charge on any atom is -0.478 e. The van der Waals surface area contributed by atoms with E-state index in [2.05, 4.69) is 4.74 Å². The van der Waals surface area contributed by atoms with Crippen LogP contribution >= 0.6 is 0 Å². The molecule has 24 heavy (non-hydrogen) atoms. The van der Waals surface area contributed by atoms with Gasteiger partial charge in [-0.25, -0.2) is 4.79 Å². The Morgan fingerprint density at radius 2 is 1.50 bits per heavy atom. The lowest BCUT2D eigenvalue weighted by atomic mass is 9.97. The zero-order valence-corrected chi connectivity index (χ0v) is 11.6. The van der Waals surface area contributed by atoms with Gasteiger partial charge in [-0.05, 0) is 41.5 Å². The SMILES string of the molecule is O=C(O)c1ccc(C(F)(F)F)cc1-c1ccc(OC(F)(F)F)cc1. The molecule has 0 radical (unpaired) electrons. The highest BCUT2D eigenvalue weighted by molar-refractivity contribution is 5.96. The molecule has 0 aliphatic carbocycles. The summed E-state index contributed by atoms with van der Waals surface area (Å²) in [5.41, 5.74) is -1.74. The Morgan fingerprint density at radius 1 is 0.917 bits per heavy atom. The Balaban J connectivity index is 2.48. The van der Waals surface area contributed by atoms with Crippen LogP contribution in [-0.2, 0) is 6.18 Å². The molecule has 0 atom stereocenters. The number of carboxylic acid groups (broad SMARTS) is 1. The zero-order chi connectivity index (χ0) is 18.1. The molecule has 0 unspecified atom stereocenters. The van der Waals surface area contributed by atoms with Gasteiger partial charge in [0.2, 0.25) is 0 Å². The van der Waals surface area contributed by atoms with Gasteiger partial charge in [0.1, 0.15) is 5.75 Å². The standard InChI is InChI=1S/C15H8F6O3/c16-14(17,18)9-3-6-11(13(22)23)12(7-9)8-1-4-10(5-2-8)24-15(19,20)21/h1-7H,(H,22,23). The first-order valence-electron chi connectivity index (χ1n) is 6.28. The van der Waals surface area contributed by atoms with Gasteiger partial charge in [0, 0.05) is 0 Å². The maximum atomic E-state index is 12.8. The second-order valence-electron chi connectivity index (χ2n) is 4.64. The highest BCUT2D eigenvalue weighted by Crippen LogP contribution is 2.35. The number of benzene rings is 2. The highest BCUT2D eigenvalue weighted by Gasteiger charge is 2.32. The molecule has 0 heterocycles. The van der Waals surface area contributed by atoms with Crippen LogP contribution in [0.15, 0.2) is 42.5 Å². The molecule has 3 nitrogen and oxygen atoms in total. The van der Waals surface area contributed by atoms with Gasteiger partial charge in [0.25, 0.3) is 0 Å². The molecular weight excluding hydrogens is 342 g/mol. The lowest BCUT2D eigenvalue weighted by Gasteiger charge is -2.13. The average molecular weight is 350 g/mol. The van der Waals surface area contributed by atoms with Gasteiger partial charge in [-0.1, -0.05) is 12.1 Å². The van der Waals surface area contributed by atoms with Gasteiger partial charge in [-0.2, -0.15) is 13.2 Å². The first kappa shape index (κ1) is 17.6. The predicted molar refractivity (Wildman–Crippen MR) is 70.5 cm³/mol. The first-order chi connectivity index (χ1) is 11.0. The van der Waals surface area contributed by atoms with Gasteiger partial charge in [0.05, 0.1) is 11.1 Å². The zero-order valence-electron chi connectivity index (χ0n) is 11.6. The van der Waals surface area contributed by atoms with E-state index >= 15 is 0 Å². The first-order valence-corrected chi connectivity index (χ1v) is 6.28. The molecule has 0 fully saturated rings. The van der Waals surface area contributed by atoms with Crippen molar-refractivity contribution in [3.63, 3.8) is 0 Å². The molecule has 0 aliphatic rings. The molecule has 0 saturated heterocycles. The fourth-order valence-corrected chi connectivity index (χ4v) is 1.98. The number of carbonyl (C=O) groups is 1. The number of halogens is 6. The number of aromatic carboxylic acids is 1. The van der Waals surface area contributed by atoms with Crippen LogP contribution < -0.4 is 4.74 Å². The Kier molecular flexibility index (Phi) is 4.46. The van der Waals surface area contributed by atoms with E-state index < -0.39 is 35.4 Å². The number of rotatable bonds is 3. The van der Waals surface area contributed by atoms with E-state index in [0.29, 0.717) is 12.1 Å². The van der Waals surface area contributed by atoms with Crippen LogP contribution in [0.5, 0.6) is 5.75 Å². The molecular formula is C15H8F6O3. The van der Waals surface area contributed by atoms with E-state index in [9.17, 15) is 31.1 Å². The van der Waals surface area contributed by atoms with Crippen molar-refractivity contribution in [3.05, 3.63) is 53.6 Å². The number of ether oxygens (including phenoxy) is 1. The van der Waals surface area contributed by atoms with Crippen LogP contribution in [-0.4, -0.2) is 17.4 Å². The van der Waals surface area contributed by atoms with E-state index in [-0.39, 0.29) is 11.1 Å². The summed E-state index contributed by atoms with van der Waals surface area (Å²) in [6.45, 7) is 0. The summed E-state index contributed by atoms with van der Waals surface area (Å²) >= 11 is 0. The topological polar surface area (TPSA) is 46.5 Å². The minimum atomic E-state index is -4.91. The van der Waals surface area contributed by atoms with Crippen molar-refractivity contribution >= 4 is 5.97 Å². The second-order valence-corrected chi connectivity index (χ2v) is 4.64. The lowest BCUT2D eigenvalue weighted by molar-refractivity contribution is -0.274. The molecule has 128 valence electrons. The summed E-state index contributed by atoms with van der Waals surface area (Å²) in [6.07, 6.45) is -9.60. The maximum Gasteiger partial charge on any atom is 0.573 e. The van der Waals surface area contributed by atoms with Crippen LogP contribution in [0.3, 0.4) is 0 Å². The number of carboxylic acids is 1. The number of alkyl halides is 6. The molecule has 2 aromatic carbocycles. The highest BCUT2D eigenvalue weighted by atomic mass is 19.4. The largest absolute Gasteiger partial charge is 0.573 e. The molecule has 0 bridgehead atoms. The minimum absolute atomic E-state index is 0.00743. The Hall–Kier alpha value is -2.71. The molecule has 1 N–H and O–H groups in total. The summed E-state index contributed by atoms with van der Waals surface area (Å²) < 4.78 is 78.3. The molecule has 2 rings (SSSR count). The molecule has 0 saturated carbocycles. The predicted octanol–water partition coefficient (Wildman–Crippen LogP) is 4.97. The summed E-state index contributed by atoms with van der Waals surface area (Å²) in [4.78, 5) is 11.2. The fourth-order valence-electron chi connectivity index (χ4n) is 1.98. The summed E-state index contributed by atoms with van der Waals surface area (Å²) in [7, 11) is 0. The van der Waals surface area contributed by atoms with Crippen LogP contribution in [0.2, 0.25) is 0 Å². The molecule has 0 aliphatic heterocycles. The quantitative estimate of drug-likeness (QED) is 0.795. The third kappa shape index (κ3) is 4.18. The van der Waals surface area contributed by atoms with Crippen molar-refractivity contribution in [2.45, 2.75) is 12.5 Å². The van der Waals surface area contributed by atoms with Crippen molar-refractivity contribution in [2.75, 3.05) is 0 Å². The molecule has 0 aromatic heterocycles. The summed E-state index contributed by atoms with van der Waals surface area (Å²) in [6, 6.07) is 5.90. The molecule has 2 aromatic rings. The van der Waals surface area contributed by atoms with E-state index in [0.717, 1.165) is 30.3 Å². The molecule has 0 amide bonds. The molecule has 9 heteroatoms. The van der Waals surface area contributed by atoms with Crippen molar-refractivity contribution in [2.24, 2.45) is 0 Å². The van der Waals surface area contributed by atoms with E-state index in [1.807, 2.05) is 0 Å². The Labute approximate surface area is 131 Å². The fraction of sp³-hybridized carbons (Fsp3) is 0.133. The van der Waals surface area contributed by atoms with E-state index in [1.54, 1.807) is 0 Å². The van der Waals surface area contributed by atoms with Gasteiger partial charge in [-0.3, -0.25) is 0 Å². The van der Waals surface area contributed by atoms with Crippen molar-refractivity contribution in [1.29, 1.82) is 0 Å². The van der Waals surface area contributed by atoms with Crippen LogP contribution in [0.1, 0.15) is 15.9 Å². The summed E-state index contributed by atoms with van der Waals surface area (Å²) in [5, 5.41) is 9.07. The lowest BCUT2D eigenvalue weighted by Crippen LogP contribution is -2.16. The van der Waals surface area contributed by atoms with Gasteiger partial charge >= 0.3 is 18.5 Å². The second kappa shape index (κ2) is 6.06. The normalized spacial score (nSPS) is 12.1. The van der Waals surface area contributed by atoms with Crippen molar-refractivity contribution in [3.8, 4) is 16.9 Å². The van der Waals surface area contributed by atoms with E-state index in [4.69, 9.17) is 5.11 Å². The van der Waals surface area contributed by atoms with Crippen molar-refractivity contribution < 1.29 is 41.0 Å². The van der Waals surface area contributed by atoms with E-state index in [1.165, 1.54) is 0 Å². The monoisotopic (exact) mass is 350 g/mol. The van der Waals surface area contributed by atoms with Crippen molar-refractivity contribution in [1.82, 2.24) is 0 Å². The smallest absolute Gasteiger partial charge is 0.478 e. The Morgan fingerprint density at radius 3 is 1.96 bits per heavy atom. The number of hydrogen-bond acceptors (Lipinski definition) is 2.